The summed E-state index contributed by atoms with van der Waals surface area (Å²) >= 11 is 0. The first-order valence-electron chi connectivity index (χ1n) is 6.58. The fraction of sp³-hybridized carbons (Fsp3) is 0.500. The number of benzene rings is 1. The standard InChI is InChI=1S/C14H21NO4S/c1-11(10-16)5-4-8-15-20(18,19)14-7-3-6-13(9-14)12(2)17/h3,6-7,9,11,15-16H,4-5,8,10H2,1-2H3. The van der Waals surface area contributed by atoms with Crippen molar-refractivity contribution in [3.63, 3.8) is 0 Å². The van der Waals surface area contributed by atoms with E-state index in [0.29, 0.717) is 18.5 Å². The highest BCUT2D eigenvalue weighted by Crippen LogP contribution is 2.12. The van der Waals surface area contributed by atoms with Crippen molar-refractivity contribution < 1.29 is 18.3 Å². The quantitative estimate of drug-likeness (QED) is 0.564. The van der Waals surface area contributed by atoms with Crippen molar-refractivity contribution in [2.75, 3.05) is 13.2 Å². The van der Waals surface area contributed by atoms with Crippen molar-refractivity contribution >= 4 is 15.8 Å². The third kappa shape index (κ3) is 5.03. The van der Waals surface area contributed by atoms with Gasteiger partial charge in [-0.25, -0.2) is 13.1 Å². The molecule has 0 fully saturated rings. The number of carbonyl (C=O) groups is 1. The van der Waals surface area contributed by atoms with E-state index >= 15 is 0 Å². The Labute approximate surface area is 120 Å². The second kappa shape index (κ2) is 7.52. The zero-order chi connectivity index (χ0) is 15.2. The molecule has 0 saturated carbocycles. The molecule has 1 atom stereocenters. The van der Waals surface area contributed by atoms with Gasteiger partial charge in [-0.3, -0.25) is 4.79 Å². The maximum atomic E-state index is 12.0. The minimum atomic E-state index is -3.59. The van der Waals surface area contributed by atoms with E-state index in [1.54, 1.807) is 12.1 Å². The van der Waals surface area contributed by atoms with E-state index in [-0.39, 0.29) is 23.2 Å². The summed E-state index contributed by atoms with van der Waals surface area (Å²) in [6.07, 6.45) is 1.42. The first kappa shape index (κ1) is 16.8. The Morgan fingerprint density at radius 3 is 2.70 bits per heavy atom. The minimum absolute atomic E-state index is 0.0976. The smallest absolute Gasteiger partial charge is 0.240 e. The third-order valence-corrected chi connectivity index (χ3v) is 4.49. The molecule has 0 aliphatic carbocycles. The van der Waals surface area contributed by atoms with Gasteiger partial charge in [0.1, 0.15) is 0 Å². The number of aliphatic hydroxyl groups excluding tert-OH is 1. The Bertz CT molecular complexity index is 554. The molecule has 1 aromatic carbocycles. The summed E-state index contributed by atoms with van der Waals surface area (Å²) in [7, 11) is -3.59. The number of ketones is 1. The number of hydrogen-bond donors (Lipinski definition) is 2. The van der Waals surface area contributed by atoms with Crippen molar-refractivity contribution in [2.45, 2.75) is 31.6 Å². The van der Waals surface area contributed by atoms with Gasteiger partial charge in [-0.15, -0.1) is 0 Å². The molecule has 0 aliphatic rings. The van der Waals surface area contributed by atoms with Crippen LogP contribution in [0.1, 0.15) is 37.0 Å². The first-order chi connectivity index (χ1) is 9.36. The number of Topliss-reactive ketones (excluding diaryl/α,β-unsaturated/α-hetero) is 1. The second-order valence-corrected chi connectivity index (χ2v) is 6.68. The van der Waals surface area contributed by atoms with E-state index in [4.69, 9.17) is 5.11 Å². The summed E-state index contributed by atoms with van der Waals surface area (Å²) in [6.45, 7) is 3.73. The lowest BCUT2D eigenvalue weighted by Crippen LogP contribution is -2.25. The third-order valence-electron chi connectivity index (χ3n) is 3.03. The lowest BCUT2D eigenvalue weighted by molar-refractivity contribution is 0.101. The minimum Gasteiger partial charge on any atom is -0.396 e. The molecule has 0 heterocycles. The maximum absolute atomic E-state index is 12.0. The summed E-state index contributed by atoms with van der Waals surface area (Å²) in [5.41, 5.74) is 0.377. The number of aliphatic hydroxyl groups is 1. The maximum Gasteiger partial charge on any atom is 0.240 e. The Hall–Kier alpha value is -1.24. The lowest BCUT2D eigenvalue weighted by atomic mass is 10.1. The molecule has 112 valence electrons. The Balaban J connectivity index is 2.65. The topological polar surface area (TPSA) is 83.5 Å². The SMILES string of the molecule is CC(=O)c1cccc(S(=O)(=O)NCCCC(C)CO)c1. The molecular formula is C14H21NO4S. The van der Waals surface area contributed by atoms with Crippen LogP contribution in [-0.4, -0.2) is 32.5 Å². The van der Waals surface area contributed by atoms with Crippen molar-refractivity contribution in [3.8, 4) is 0 Å². The van der Waals surface area contributed by atoms with Gasteiger partial charge in [-0.2, -0.15) is 0 Å². The molecule has 0 saturated heterocycles. The van der Waals surface area contributed by atoms with Crippen LogP contribution >= 0.6 is 0 Å². The van der Waals surface area contributed by atoms with Gasteiger partial charge in [0, 0.05) is 18.7 Å². The van der Waals surface area contributed by atoms with Crippen LogP contribution in [0.2, 0.25) is 0 Å². The molecule has 2 N–H and O–H groups in total. The van der Waals surface area contributed by atoms with Crippen LogP contribution in [0.5, 0.6) is 0 Å². The predicted molar refractivity (Wildman–Crippen MR) is 77.1 cm³/mol. The van der Waals surface area contributed by atoms with Gasteiger partial charge in [0.15, 0.2) is 5.78 Å². The van der Waals surface area contributed by atoms with Crippen LogP contribution in [0, 0.1) is 5.92 Å². The Kier molecular flexibility index (Phi) is 6.32. The van der Waals surface area contributed by atoms with Gasteiger partial charge in [0.05, 0.1) is 4.90 Å². The molecule has 6 heteroatoms. The van der Waals surface area contributed by atoms with Crippen LogP contribution in [0.4, 0.5) is 0 Å². The van der Waals surface area contributed by atoms with E-state index < -0.39 is 10.0 Å². The summed E-state index contributed by atoms with van der Waals surface area (Å²) < 4.78 is 26.6. The van der Waals surface area contributed by atoms with Crippen molar-refractivity contribution in [1.29, 1.82) is 0 Å². The lowest BCUT2D eigenvalue weighted by Gasteiger charge is -2.09. The van der Waals surface area contributed by atoms with E-state index in [1.165, 1.54) is 19.1 Å². The summed E-state index contributed by atoms with van der Waals surface area (Å²) in [4.78, 5) is 11.4. The zero-order valence-corrected chi connectivity index (χ0v) is 12.6. The van der Waals surface area contributed by atoms with E-state index in [1.807, 2.05) is 6.92 Å². The Morgan fingerprint density at radius 1 is 1.40 bits per heavy atom. The molecule has 0 amide bonds. The van der Waals surface area contributed by atoms with E-state index in [2.05, 4.69) is 4.72 Å². The number of carbonyl (C=O) groups excluding carboxylic acids is 1. The summed E-state index contributed by atoms with van der Waals surface area (Å²) in [6, 6.07) is 5.98. The molecule has 0 radical (unpaired) electrons. The molecule has 1 aromatic rings. The van der Waals surface area contributed by atoms with E-state index in [0.717, 1.165) is 6.42 Å². The molecule has 0 aliphatic heterocycles. The van der Waals surface area contributed by atoms with E-state index in [9.17, 15) is 13.2 Å². The largest absolute Gasteiger partial charge is 0.396 e. The average Bonchev–Trinajstić information content (AvgIpc) is 2.43. The average molecular weight is 299 g/mol. The zero-order valence-electron chi connectivity index (χ0n) is 11.8. The van der Waals surface area contributed by atoms with Crippen LogP contribution in [0.3, 0.4) is 0 Å². The highest BCUT2D eigenvalue weighted by Gasteiger charge is 2.14. The highest BCUT2D eigenvalue weighted by molar-refractivity contribution is 7.89. The number of hydrogen-bond acceptors (Lipinski definition) is 4. The summed E-state index contributed by atoms with van der Waals surface area (Å²) in [5, 5.41) is 8.88. The summed E-state index contributed by atoms with van der Waals surface area (Å²) in [5.74, 6) is -0.000588. The van der Waals surface area contributed by atoms with Crippen molar-refractivity contribution in [3.05, 3.63) is 29.8 Å². The normalized spacial score (nSPS) is 13.2. The molecule has 0 bridgehead atoms. The first-order valence-corrected chi connectivity index (χ1v) is 8.06. The van der Waals surface area contributed by atoms with Crippen LogP contribution in [-0.2, 0) is 10.0 Å². The van der Waals surface area contributed by atoms with Gasteiger partial charge in [0.2, 0.25) is 10.0 Å². The van der Waals surface area contributed by atoms with Crippen LogP contribution in [0.25, 0.3) is 0 Å². The monoisotopic (exact) mass is 299 g/mol. The molecule has 1 rings (SSSR count). The molecule has 5 nitrogen and oxygen atoms in total. The van der Waals surface area contributed by atoms with Crippen molar-refractivity contribution in [2.24, 2.45) is 5.92 Å². The highest BCUT2D eigenvalue weighted by atomic mass is 32.2. The van der Waals surface area contributed by atoms with Gasteiger partial charge in [-0.05, 0) is 37.8 Å². The van der Waals surface area contributed by atoms with Gasteiger partial charge >= 0.3 is 0 Å². The number of nitrogens with one attached hydrogen (secondary N) is 1. The molecule has 20 heavy (non-hydrogen) atoms. The molecular weight excluding hydrogens is 278 g/mol. The molecule has 1 unspecified atom stereocenters. The molecule has 0 spiro atoms. The molecule has 0 aromatic heterocycles. The van der Waals surface area contributed by atoms with Crippen LogP contribution < -0.4 is 4.72 Å². The van der Waals surface area contributed by atoms with Gasteiger partial charge < -0.3 is 5.11 Å². The second-order valence-electron chi connectivity index (χ2n) is 4.91. The predicted octanol–water partition coefficient (Wildman–Crippen LogP) is 1.58. The fourth-order valence-electron chi connectivity index (χ4n) is 1.71. The number of sulfonamides is 1. The Morgan fingerprint density at radius 2 is 2.10 bits per heavy atom. The van der Waals surface area contributed by atoms with Crippen LogP contribution in [0.15, 0.2) is 29.2 Å². The van der Waals surface area contributed by atoms with Gasteiger partial charge in [0.25, 0.3) is 0 Å². The van der Waals surface area contributed by atoms with Crippen molar-refractivity contribution in [1.82, 2.24) is 4.72 Å². The fourth-order valence-corrected chi connectivity index (χ4v) is 2.83. The van der Waals surface area contributed by atoms with Gasteiger partial charge in [-0.1, -0.05) is 19.1 Å². The number of rotatable bonds is 8.